The van der Waals surface area contributed by atoms with E-state index in [2.05, 4.69) is 9.97 Å². The van der Waals surface area contributed by atoms with Gasteiger partial charge in [-0.2, -0.15) is 0 Å². The molecule has 2 heterocycles. The van der Waals surface area contributed by atoms with Gasteiger partial charge < -0.3 is 10.2 Å². The van der Waals surface area contributed by atoms with Crippen LogP contribution in [-0.2, 0) is 13.5 Å². The van der Waals surface area contributed by atoms with Crippen LogP contribution in [0.25, 0.3) is 33.6 Å². The quantitative estimate of drug-likeness (QED) is 0.235. The molecule has 0 saturated heterocycles. The van der Waals surface area contributed by atoms with Crippen LogP contribution in [0.2, 0.25) is 0 Å². The molecule has 0 saturated carbocycles. The van der Waals surface area contributed by atoms with E-state index < -0.39 is 25.4 Å². The van der Waals surface area contributed by atoms with Crippen LogP contribution in [0.1, 0.15) is 20.7 Å². The predicted molar refractivity (Wildman–Crippen MR) is 130 cm³/mol. The average molecular weight is 695 g/mol. The second-order valence-corrected chi connectivity index (χ2v) is 17.2. The molecule has 0 radical (unpaired) electrons. The molecule has 0 bridgehead atoms. The Morgan fingerprint density at radius 1 is 0.559 bits per heavy atom. The van der Waals surface area contributed by atoms with Gasteiger partial charge in [-0.15, -0.1) is 0 Å². The summed E-state index contributed by atoms with van der Waals surface area (Å²) in [4.78, 5) is 30.9. The summed E-state index contributed by atoms with van der Waals surface area (Å²) in [7, 11) is 14.9. The Kier molecular flexibility index (Phi) is 9.16. The molecule has 0 amide bonds. The standard InChI is InChI=1S/C24H16N2O4.3ClH.Ir/c27-23(28)17-5-1-15(2-6-17)19-9-11-21(25-13-19)22-12-10-20(14-26-22)16-3-7-18(8-4-16)24(29)30;;;;/h1-14H,(H,27,28)(H,29,30);3*1H;/q;;;;+3/p-3. The zero-order valence-corrected chi connectivity index (χ0v) is 21.8. The van der Waals surface area contributed by atoms with Gasteiger partial charge in [-0.3, -0.25) is 9.97 Å². The van der Waals surface area contributed by atoms with Crippen LogP contribution in [0.5, 0.6) is 0 Å². The van der Waals surface area contributed by atoms with Crippen molar-refractivity contribution in [2.75, 3.05) is 0 Å². The van der Waals surface area contributed by atoms with E-state index in [-0.39, 0.29) is 11.1 Å². The molecule has 34 heavy (non-hydrogen) atoms. The first kappa shape index (κ1) is 25.8. The van der Waals surface area contributed by atoms with Gasteiger partial charge in [0.15, 0.2) is 0 Å². The number of hydrogen-bond acceptors (Lipinski definition) is 4. The van der Waals surface area contributed by atoms with Crippen molar-refractivity contribution in [3.8, 4) is 33.6 Å². The van der Waals surface area contributed by atoms with E-state index >= 15 is 0 Å². The van der Waals surface area contributed by atoms with E-state index in [1.54, 1.807) is 60.9 Å². The molecule has 0 atom stereocenters. The van der Waals surface area contributed by atoms with Gasteiger partial charge in [0.25, 0.3) is 0 Å². The Morgan fingerprint density at radius 2 is 0.853 bits per heavy atom. The summed E-state index contributed by atoms with van der Waals surface area (Å²) in [6.45, 7) is 0. The van der Waals surface area contributed by atoms with Crippen molar-refractivity contribution >= 4 is 40.7 Å². The van der Waals surface area contributed by atoms with Gasteiger partial charge in [-0.1, -0.05) is 36.4 Å². The van der Waals surface area contributed by atoms with Crippen LogP contribution in [0.4, 0.5) is 0 Å². The van der Waals surface area contributed by atoms with Crippen LogP contribution >= 0.6 is 28.8 Å². The average Bonchev–Trinajstić information content (AvgIpc) is 2.84. The minimum absolute atomic E-state index is 0.241. The number of aromatic nitrogens is 2. The van der Waals surface area contributed by atoms with Gasteiger partial charge in [0.1, 0.15) is 0 Å². The molecule has 0 unspecified atom stereocenters. The SMILES string of the molecule is O=C(O)c1ccc(-c2ccc(-c3ccc(-c4ccc(C(=O)O)cc4)cn3)nc2)cc1.[Cl][Ir]([Cl])[Cl]. The zero-order chi connectivity index (χ0) is 24.7. The van der Waals surface area contributed by atoms with Gasteiger partial charge in [-0.05, 0) is 47.5 Å². The Morgan fingerprint density at radius 3 is 1.09 bits per heavy atom. The molecule has 10 heteroatoms. The van der Waals surface area contributed by atoms with Crippen molar-refractivity contribution in [3.63, 3.8) is 0 Å². The van der Waals surface area contributed by atoms with Crippen molar-refractivity contribution in [2.24, 2.45) is 0 Å². The van der Waals surface area contributed by atoms with E-state index in [0.29, 0.717) is 11.4 Å². The summed E-state index contributed by atoms with van der Waals surface area (Å²) in [5.74, 6) is -1.91. The van der Waals surface area contributed by atoms with Crippen molar-refractivity contribution in [1.29, 1.82) is 0 Å². The summed E-state index contributed by atoms with van der Waals surface area (Å²) in [6.07, 6.45) is 3.46. The first-order valence-electron chi connectivity index (χ1n) is 9.49. The van der Waals surface area contributed by atoms with Crippen molar-refractivity contribution < 1.29 is 33.3 Å². The Hall–Kier alpha value is -2.80. The molecule has 0 aliphatic carbocycles. The molecule has 4 aromatic rings. The van der Waals surface area contributed by atoms with E-state index in [9.17, 15) is 9.59 Å². The second kappa shape index (κ2) is 12.1. The molecule has 0 spiro atoms. The van der Waals surface area contributed by atoms with Crippen molar-refractivity contribution in [3.05, 3.63) is 96.3 Å². The summed E-state index contributed by atoms with van der Waals surface area (Å²) < 4.78 is 0. The summed E-state index contributed by atoms with van der Waals surface area (Å²) in [5.41, 5.74) is 5.44. The molecular formula is C24H16Cl3IrN2O4. The zero-order valence-electron chi connectivity index (χ0n) is 17.2. The van der Waals surface area contributed by atoms with E-state index in [0.717, 1.165) is 22.3 Å². The summed E-state index contributed by atoms with van der Waals surface area (Å²) in [5, 5.41) is 18.0. The molecule has 2 aromatic heterocycles. The Balaban J connectivity index is 0.000000751. The predicted octanol–water partition coefficient (Wildman–Crippen LogP) is 6.94. The summed E-state index contributed by atoms with van der Waals surface area (Å²) >= 11 is -1.92. The molecular weight excluding hydrogens is 679 g/mol. The van der Waals surface area contributed by atoms with Crippen LogP contribution < -0.4 is 0 Å². The number of hydrogen-bond donors (Lipinski definition) is 2. The third-order valence-corrected chi connectivity index (χ3v) is 4.72. The maximum atomic E-state index is 11.0. The van der Waals surface area contributed by atoms with Crippen LogP contribution in [0, 0.1) is 0 Å². The molecule has 176 valence electrons. The molecule has 0 aliphatic heterocycles. The number of carboxylic acids is 2. The van der Waals surface area contributed by atoms with Crippen molar-refractivity contribution in [1.82, 2.24) is 9.97 Å². The first-order chi connectivity index (χ1) is 16.2. The topological polar surface area (TPSA) is 100 Å². The monoisotopic (exact) mass is 694 g/mol. The third kappa shape index (κ3) is 7.10. The molecule has 2 N–H and O–H groups in total. The number of rotatable bonds is 5. The van der Waals surface area contributed by atoms with Gasteiger partial charge in [-0.25, -0.2) is 9.59 Å². The number of aromatic carboxylic acids is 2. The second-order valence-electron chi connectivity index (χ2n) is 6.77. The molecule has 4 rings (SSSR count). The van der Waals surface area contributed by atoms with E-state index in [1.165, 1.54) is 0 Å². The van der Waals surface area contributed by atoms with Crippen LogP contribution in [0.3, 0.4) is 0 Å². The Labute approximate surface area is 213 Å². The molecule has 0 aliphatic rings. The number of carboxylic acid groups (broad SMARTS) is 2. The van der Waals surface area contributed by atoms with Gasteiger partial charge >= 0.3 is 54.1 Å². The Bertz CT molecular complexity index is 1160. The molecule has 6 nitrogen and oxygen atoms in total. The number of nitrogens with zero attached hydrogens (tertiary/aromatic N) is 2. The fraction of sp³-hybridized carbons (Fsp3) is 0. The van der Waals surface area contributed by atoms with Crippen LogP contribution in [0.15, 0.2) is 85.2 Å². The number of halogens is 3. The van der Waals surface area contributed by atoms with Crippen LogP contribution in [-0.4, -0.2) is 32.1 Å². The normalized spacial score (nSPS) is 10.6. The first-order valence-corrected chi connectivity index (χ1v) is 18.4. The third-order valence-electron chi connectivity index (χ3n) is 4.72. The maximum absolute atomic E-state index is 11.0. The van der Waals surface area contributed by atoms with Crippen molar-refractivity contribution in [2.45, 2.75) is 0 Å². The molecule has 2 aromatic carbocycles. The number of benzene rings is 2. The van der Waals surface area contributed by atoms with Gasteiger partial charge in [0.2, 0.25) is 0 Å². The van der Waals surface area contributed by atoms with Gasteiger partial charge in [0.05, 0.1) is 22.5 Å². The minimum atomic E-state index is -1.92. The van der Waals surface area contributed by atoms with Gasteiger partial charge in [0, 0.05) is 23.5 Å². The summed E-state index contributed by atoms with van der Waals surface area (Å²) in [6, 6.07) is 20.8. The molecule has 0 fully saturated rings. The number of pyridine rings is 2. The number of carbonyl (C=O) groups is 2. The van der Waals surface area contributed by atoms with E-state index in [1.807, 2.05) is 24.3 Å². The fourth-order valence-corrected chi connectivity index (χ4v) is 3.04. The fourth-order valence-electron chi connectivity index (χ4n) is 3.04. The van der Waals surface area contributed by atoms with E-state index in [4.69, 9.17) is 39.0 Å².